The Hall–Kier alpha value is -3.35. The number of aromatic amines is 1. The molecule has 2 heterocycles. The number of hydrogen-bond donors (Lipinski definition) is 4. The molecule has 28 heavy (non-hydrogen) atoms. The van der Waals surface area contributed by atoms with Gasteiger partial charge in [0, 0.05) is 23.4 Å². The fourth-order valence-corrected chi connectivity index (χ4v) is 3.32. The van der Waals surface area contributed by atoms with Gasteiger partial charge in [-0.15, -0.1) is 0 Å². The molecule has 1 amide bonds. The summed E-state index contributed by atoms with van der Waals surface area (Å²) in [4.78, 5) is 14.4. The van der Waals surface area contributed by atoms with Crippen LogP contribution in [0.15, 0.2) is 65.3 Å². The van der Waals surface area contributed by atoms with Gasteiger partial charge in [0.05, 0.1) is 11.8 Å². The van der Waals surface area contributed by atoms with Gasteiger partial charge in [-0.1, -0.05) is 42.5 Å². The highest BCUT2D eigenvalue weighted by Crippen LogP contribution is 2.28. The molecule has 2 aromatic heterocycles. The SMILES string of the molecule is O=C(/C=C/c1ccc(CNCCc2cccc3c2[nH]c2occc23)cc1)NO. The van der Waals surface area contributed by atoms with Crippen LogP contribution in [-0.4, -0.2) is 22.6 Å². The number of hydroxylamine groups is 1. The number of aromatic nitrogens is 1. The molecular formula is C22H21N3O3. The lowest BCUT2D eigenvalue weighted by Gasteiger charge is -2.07. The average molecular weight is 375 g/mol. The van der Waals surface area contributed by atoms with Gasteiger partial charge in [-0.3, -0.25) is 10.0 Å². The number of nitrogens with one attached hydrogen (secondary N) is 3. The number of amides is 1. The highest BCUT2D eigenvalue weighted by atomic mass is 16.5. The van der Waals surface area contributed by atoms with Gasteiger partial charge in [0.25, 0.3) is 5.91 Å². The summed E-state index contributed by atoms with van der Waals surface area (Å²) >= 11 is 0. The van der Waals surface area contributed by atoms with Gasteiger partial charge >= 0.3 is 0 Å². The zero-order chi connectivity index (χ0) is 19.3. The summed E-state index contributed by atoms with van der Waals surface area (Å²) in [6.07, 6.45) is 5.55. The first kappa shape index (κ1) is 18.0. The topological polar surface area (TPSA) is 90.3 Å². The normalized spacial score (nSPS) is 11.6. The second-order valence-corrected chi connectivity index (χ2v) is 6.61. The minimum Gasteiger partial charge on any atom is -0.448 e. The van der Waals surface area contributed by atoms with Gasteiger partial charge in [0.15, 0.2) is 0 Å². The van der Waals surface area contributed by atoms with Crippen LogP contribution in [0.25, 0.3) is 28.1 Å². The molecule has 0 fully saturated rings. The molecule has 0 aliphatic rings. The Kier molecular flexibility index (Phi) is 5.23. The van der Waals surface area contributed by atoms with E-state index in [-0.39, 0.29) is 0 Å². The maximum atomic E-state index is 11.0. The monoisotopic (exact) mass is 375 g/mol. The molecule has 0 aliphatic carbocycles. The predicted octanol–water partition coefficient (Wildman–Crippen LogP) is 3.77. The van der Waals surface area contributed by atoms with Gasteiger partial charge in [0.1, 0.15) is 0 Å². The molecule has 0 saturated carbocycles. The van der Waals surface area contributed by atoms with Crippen LogP contribution in [-0.2, 0) is 17.8 Å². The molecule has 0 atom stereocenters. The average Bonchev–Trinajstić information content (AvgIpc) is 3.32. The summed E-state index contributed by atoms with van der Waals surface area (Å²) in [6, 6.07) is 16.2. The van der Waals surface area contributed by atoms with Gasteiger partial charge in [-0.05, 0) is 41.8 Å². The first-order valence-corrected chi connectivity index (χ1v) is 9.13. The smallest absolute Gasteiger partial charge is 0.267 e. The summed E-state index contributed by atoms with van der Waals surface area (Å²) in [5.74, 6) is -0.546. The fraction of sp³-hybridized carbons (Fsp3) is 0.136. The summed E-state index contributed by atoms with van der Waals surface area (Å²) in [6.45, 7) is 1.63. The van der Waals surface area contributed by atoms with Crippen molar-refractivity contribution in [2.75, 3.05) is 6.54 Å². The lowest BCUT2D eigenvalue weighted by atomic mass is 10.1. The molecule has 0 spiro atoms. The molecule has 0 bridgehead atoms. The van der Waals surface area contributed by atoms with Crippen LogP contribution >= 0.6 is 0 Å². The molecule has 4 aromatic rings. The quantitative estimate of drug-likeness (QED) is 0.171. The number of benzene rings is 2. The van der Waals surface area contributed by atoms with E-state index in [1.807, 2.05) is 30.3 Å². The lowest BCUT2D eigenvalue weighted by molar-refractivity contribution is -0.124. The number of carbonyl (C=O) groups is 1. The summed E-state index contributed by atoms with van der Waals surface area (Å²) in [5, 5.41) is 14.3. The number of furan rings is 1. The number of H-pyrrole nitrogens is 1. The van der Waals surface area contributed by atoms with E-state index in [2.05, 4.69) is 28.5 Å². The van der Waals surface area contributed by atoms with Crippen molar-refractivity contribution in [3.05, 3.63) is 77.6 Å². The second kappa shape index (κ2) is 8.12. The van der Waals surface area contributed by atoms with E-state index in [4.69, 9.17) is 9.62 Å². The van der Waals surface area contributed by atoms with Crippen LogP contribution < -0.4 is 10.8 Å². The lowest BCUT2D eigenvalue weighted by Crippen LogP contribution is -2.16. The van der Waals surface area contributed by atoms with E-state index >= 15 is 0 Å². The van der Waals surface area contributed by atoms with Crippen molar-refractivity contribution in [3.63, 3.8) is 0 Å². The third kappa shape index (κ3) is 3.83. The number of para-hydroxylation sites is 1. The molecule has 2 aromatic carbocycles. The third-order valence-electron chi connectivity index (χ3n) is 4.76. The van der Waals surface area contributed by atoms with E-state index in [0.29, 0.717) is 0 Å². The van der Waals surface area contributed by atoms with E-state index in [0.717, 1.165) is 41.7 Å². The zero-order valence-electron chi connectivity index (χ0n) is 15.2. The van der Waals surface area contributed by atoms with Gasteiger partial charge in [0.2, 0.25) is 5.71 Å². The largest absolute Gasteiger partial charge is 0.448 e. The first-order chi connectivity index (χ1) is 13.7. The van der Waals surface area contributed by atoms with Crippen molar-refractivity contribution in [1.29, 1.82) is 0 Å². The van der Waals surface area contributed by atoms with Crippen LogP contribution in [0.4, 0.5) is 0 Å². The Morgan fingerprint density at radius 1 is 1.11 bits per heavy atom. The Labute approximate surface area is 161 Å². The van der Waals surface area contributed by atoms with Crippen LogP contribution in [0.1, 0.15) is 16.7 Å². The van der Waals surface area contributed by atoms with Crippen molar-refractivity contribution in [2.45, 2.75) is 13.0 Å². The molecule has 0 saturated heterocycles. The minimum absolute atomic E-state index is 0.546. The van der Waals surface area contributed by atoms with Gasteiger partial charge in [-0.25, -0.2) is 5.48 Å². The van der Waals surface area contributed by atoms with E-state index in [9.17, 15) is 4.79 Å². The van der Waals surface area contributed by atoms with Crippen LogP contribution in [0.2, 0.25) is 0 Å². The molecule has 6 nitrogen and oxygen atoms in total. The van der Waals surface area contributed by atoms with E-state index < -0.39 is 5.91 Å². The first-order valence-electron chi connectivity index (χ1n) is 9.13. The number of rotatable bonds is 7. The van der Waals surface area contributed by atoms with Crippen molar-refractivity contribution in [3.8, 4) is 0 Å². The zero-order valence-corrected chi connectivity index (χ0v) is 15.2. The summed E-state index contributed by atoms with van der Waals surface area (Å²) in [7, 11) is 0. The fourth-order valence-electron chi connectivity index (χ4n) is 3.32. The molecule has 0 aliphatic heterocycles. The predicted molar refractivity (Wildman–Crippen MR) is 109 cm³/mol. The van der Waals surface area contributed by atoms with Crippen molar-refractivity contribution in [2.24, 2.45) is 0 Å². The maximum absolute atomic E-state index is 11.0. The second-order valence-electron chi connectivity index (χ2n) is 6.61. The standard InChI is InChI=1S/C22H21N3O3/c26-20(25-27)9-8-15-4-6-16(7-5-15)14-23-12-10-17-2-1-3-18-19-11-13-28-22(19)24-21(17)18/h1-9,11,13,23-24,27H,10,12,14H2,(H,25,26)/b9-8+. The van der Waals surface area contributed by atoms with E-state index in [1.54, 1.807) is 17.8 Å². The Morgan fingerprint density at radius 2 is 1.96 bits per heavy atom. The van der Waals surface area contributed by atoms with Crippen molar-refractivity contribution in [1.82, 2.24) is 15.8 Å². The molecular weight excluding hydrogens is 354 g/mol. The Bertz CT molecular complexity index is 1120. The van der Waals surface area contributed by atoms with Crippen LogP contribution in [0, 0.1) is 0 Å². The summed E-state index contributed by atoms with van der Waals surface area (Å²) in [5.41, 5.74) is 6.86. The van der Waals surface area contributed by atoms with Crippen molar-refractivity contribution >= 4 is 34.0 Å². The van der Waals surface area contributed by atoms with Gasteiger partial charge < -0.3 is 14.7 Å². The highest BCUT2D eigenvalue weighted by molar-refractivity contribution is 6.06. The Morgan fingerprint density at radius 3 is 2.79 bits per heavy atom. The van der Waals surface area contributed by atoms with Gasteiger partial charge in [-0.2, -0.15) is 0 Å². The maximum Gasteiger partial charge on any atom is 0.267 e. The molecule has 0 unspecified atom stereocenters. The van der Waals surface area contributed by atoms with E-state index in [1.165, 1.54) is 22.6 Å². The molecule has 6 heteroatoms. The number of hydrogen-bond acceptors (Lipinski definition) is 4. The van der Waals surface area contributed by atoms with Crippen molar-refractivity contribution < 1.29 is 14.4 Å². The third-order valence-corrected chi connectivity index (χ3v) is 4.76. The van der Waals surface area contributed by atoms with Crippen LogP contribution in [0.3, 0.4) is 0 Å². The highest BCUT2D eigenvalue weighted by Gasteiger charge is 2.09. The summed E-state index contributed by atoms with van der Waals surface area (Å²) < 4.78 is 5.48. The Balaban J connectivity index is 1.33. The number of carbonyl (C=O) groups excluding carboxylic acids is 1. The molecule has 142 valence electrons. The van der Waals surface area contributed by atoms with Crippen LogP contribution in [0.5, 0.6) is 0 Å². The minimum atomic E-state index is -0.546. The number of fused-ring (bicyclic) bond motifs is 3. The molecule has 4 rings (SSSR count). The molecule has 0 radical (unpaired) electrons. The molecule has 4 N–H and O–H groups in total.